The lowest BCUT2D eigenvalue weighted by molar-refractivity contribution is 0.415. The van der Waals surface area contributed by atoms with Gasteiger partial charge in [0.15, 0.2) is 0 Å². The molecule has 0 spiro atoms. The van der Waals surface area contributed by atoms with Gasteiger partial charge in [-0.1, -0.05) is 0 Å². The molecule has 0 amide bonds. The van der Waals surface area contributed by atoms with Gasteiger partial charge in [0.05, 0.1) is 29.3 Å². The minimum absolute atomic E-state index is 0.298. The van der Waals surface area contributed by atoms with Crippen LogP contribution in [0.1, 0.15) is 18.7 Å². The van der Waals surface area contributed by atoms with Gasteiger partial charge in [0.2, 0.25) is 0 Å². The largest absolute Gasteiger partial charge is 0.497 e. The SMILES string of the molecule is COc1ccc2c(Oc3ccc(S(=N)(=O)N[C@H](C)c4ccnn4C)cc3)ccnc2c1. The lowest BCUT2D eigenvalue weighted by Crippen LogP contribution is -2.27. The van der Waals surface area contributed by atoms with Gasteiger partial charge in [0.25, 0.3) is 0 Å². The zero-order valence-corrected chi connectivity index (χ0v) is 18.2. The fourth-order valence-corrected chi connectivity index (χ4v) is 4.60. The predicted octanol–water partition coefficient (Wildman–Crippen LogP) is 4.44. The lowest BCUT2D eigenvalue weighted by atomic mass is 10.2. The van der Waals surface area contributed by atoms with E-state index >= 15 is 0 Å². The number of benzene rings is 2. The fraction of sp³-hybridized carbons (Fsp3) is 0.182. The molecule has 160 valence electrons. The maximum atomic E-state index is 13.0. The number of hydrogen-bond donors (Lipinski definition) is 2. The van der Waals surface area contributed by atoms with E-state index < -0.39 is 9.92 Å². The molecular formula is C22H23N5O3S. The molecule has 4 aromatic rings. The molecule has 8 nitrogen and oxygen atoms in total. The van der Waals surface area contributed by atoms with Gasteiger partial charge in [0.1, 0.15) is 27.2 Å². The Balaban J connectivity index is 1.53. The summed E-state index contributed by atoms with van der Waals surface area (Å²) in [6.07, 6.45) is 3.34. The van der Waals surface area contributed by atoms with Gasteiger partial charge in [-0.25, -0.2) is 13.7 Å². The van der Waals surface area contributed by atoms with Gasteiger partial charge in [-0.2, -0.15) is 5.10 Å². The van der Waals surface area contributed by atoms with Crippen LogP contribution in [-0.2, 0) is 17.0 Å². The standard InChI is InChI=1S/C22H23N5O3S/c1-15(21-10-13-25-27(21)2)26-31(23,28)18-7-4-16(5-8-18)30-22-11-12-24-20-14-17(29-3)6-9-19(20)22/h4-15H,1-3H3,(H2,23,26,28)/t15-,31?/m1/s1. The smallest absolute Gasteiger partial charge is 0.138 e. The van der Waals surface area contributed by atoms with Crippen molar-refractivity contribution in [3.8, 4) is 17.2 Å². The number of methoxy groups -OCH3 is 1. The number of hydrogen-bond acceptors (Lipinski definition) is 6. The summed E-state index contributed by atoms with van der Waals surface area (Å²) in [5.41, 5.74) is 1.61. The molecule has 2 aromatic carbocycles. The van der Waals surface area contributed by atoms with Crippen molar-refractivity contribution >= 4 is 20.8 Å². The topological polar surface area (TPSA) is 102 Å². The van der Waals surface area contributed by atoms with Gasteiger partial charge in [-0.05, 0) is 55.5 Å². The normalized spacial score (nSPS) is 14.2. The molecule has 4 rings (SSSR count). The van der Waals surface area contributed by atoms with Crippen molar-refractivity contribution in [2.75, 3.05) is 7.11 Å². The number of nitrogens with zero attached hydrogens (tertiary/aromatic N) is 3. The van der Waals surface area contributed by atoms with Gasteiger partial charge < -0.3 is 9.47 Å². The first-order valence-electron chi connectivity index (χ1n) is 9.62. The minimum Gasteiger partial charge on any atom is -0.497 e. The van der Waals surface area contributed by atoms with Crippen molar-refractivity contribution in [2.24, 2.45) is 7.05 Å². The Morgan fingerprint density at radius 3 is 2.48 bits per heavy atom. The predicted molar refractivity (Wildman–Crippen MR) is 119 cm³/mol. The second-order valence-electron chi connectivity index (χ2n) is 7.04. The van der Waals surface area contributed by atoms with Gasteiger partial charge in [-0.3, -0.25) is 9.67 Å². The number of aryl methyl sites for hydroxylation is 1. The van der Waals surface area contributed by atoms with Crippen molar-refractivity contribution in [3.63, 3.8) is 0 Å². The first kappa shape index (κ1) is 20.8. The first-order valence-corrected chi connectivity index (χ1v) is 11.2. The number of ether oxygens (including phenoxy) is 2. The first-order chi connectivity index (χ1) is 14.9. The molecule has 2 aromatic heterocycles. The lowest BCUT2D eigenvalue weighted by Gasteiger charge is -2.17. The van der Waals surface area contributed by atoms with E-state index in [-0.39, 0.29) is 6.04 Å². The maximum Gasteiger partial charge on any atom is 0.138 e. The summed E-state index contributed by atoms with van der Waals surface area (Å²) in [7, 11) is 0.216. The van der Waals surface area contributed by atoms with Crippen LogP contribution in [0.15, 0.2) is 71.9 Å². The van der Waals surface area contributed by atoms with E-state index in [2.05, 4.69) is 14.8 Å². The van der Waals surface area contributed by atoms with E-state index in [1.165, 1.54) is 0 Å². The minimum atomic E-state index is -3.20. The van der Waals surface area contributed by atoms with Crippen molar-refractivity contribution in [3.05, 3.63) is 72.7 Å². The van der Waals surface area contributed by atoms with Crippen molar-refractivity contribution in [1.29, 1.82) is 4.78 Å². The number of rotatable bonds is 7. The van der Waals surface area contributed by atoms with E-state index in [4.69, 9.17) is 14.3 Å². The molecule has 0 fully saturated rings. The van der Waals surface area contributed by atoms with Crippen LogP contribution in [-0.4, -0.2) is 26.1 Å². The number of pyridine rings is 1. The highest BCUT2D eigenvalue weighted by Gasteiger charge is 2.17. The molecule has 0 aliphatic rings. The van der Waals surface area contributed by atoms with E-state index in [0.29, 0.717) is 16.4 Å². The molecule has 0 radical (unpaired) electrons. The summed E-state index contributed by atoms with van der Waals surface area (Å²) >= 11 is 0. The second-order valence-corrected chi connectivity index (χ2v) is 8.86. The van der Waals surface area contributed by atoms with Crippen LogP contribution in [0.2, 0.25) is 0 Å². The molecule has 1 unspecified atom stereocenters. The Kier molecular flexibility index (Phi) is 5.62. The Morgan fingerprint density at radius 2 is 1.81 bits per heavy atom. The quantitative estimate of drug-likeness (QED) is 0.445. The van der Waals surface area contributed by atoms with Gasteiger partial charge in [-0.15, -0.1) is 0 Å². The number of fused-ring (bicyclic) bond motifs is 1. The van der Waals surface area contributed by atoms with Crippen molar-refractivity contribution < 1.29 is 13.7 Å². The van der Waals surface area contributed by atoms with E-state index in [1.54, 1.807) is 54.5 Å². The third-order valence-corrected chi connectivity index (χ3v) is 6.56. The molecule has 31 heavy (non-hydrogen) atoms. The highest BCUT2D eigenvalue weighted by atomic mass is 32.2. The summed E-state index contributed by atoms with van der Waals surface area (Å²) in [5.74, 6) is 1.94. The molecule has 0 aliphatic carbocycles. The van der Waals surface area contributed by atoms with Crippen LogP contribution < -0.4 is 14.2 Å². The summed E-state index contributed by atoms with van der Waals surface area (Å²) in [4.78, 5) is 4.73. The van der Waals surface area contributed by atoms with Gasteiger partial charge in [0, 0.05) is 30.9 Å². The molecule has 0 aliphatic heterocycles. The molecule has 9 heteroatoms. The Labute approximate surface area is 180 Å². The molecule has 2 atom stereocenters. The second kappa shape index (κ2) is 8.37. The van der Waals surface area contributed by atoms with Crippen LogP contribution in [0.4, 0.5) is 0 Å². The highest BCUT2D eigenvalue weighted by Crippen LogP contribution is 2.31. The van der Waals surface area contributed by atoms with E-state index in [9.17, 15) is 4.21 Å². The molecule has 0 saturated heterocycles. The molecule has 0 bridgehead atoms. The number of nitrogens with one attached hydrogen (secondary N) is 2. The number of aromatic nitrogens is 3. The average molecular weight is 438 g/mol. The van der Waals surface area contributed by atoms with E-state index in [1.807, 2.05) is 38.2 Å². The zero-order chi connectivity index (χ0) is 22.0. The summed E-state index contributed by atoms with van der Waals surface area (Å²) in [6, 6.07) is 15.6. The Bertz CT molecular complexity index is 1320. The third kappa shape index (κ3) is 4.37. The Hall–Kier alpha value is -3.43. The fourth-order valence-electron chi connectivity index (χ4n) is 3.33. The van der Waals surface area contributed by atoms with Crippen LogP contribution >= 0.6 is 0 Å². The van der Waals surface area contributed by atoms with Gasteiger partial charge >= 0.3 is 0 Å². The molecule has 2 heterocycles. The Morgan fingerprint density at radius 1 is 1.06 bits per heavy atom. The van der Waals surface area contributed by atoms with Crippen molar-refractivity contribution in [1.82, 2.24) is 19.5 Å². The van der Waals surface area contributed by atoms with Crippen molar-refractivity contribution in [2.45, 2.75) is 17.9 Å². The van der Waals surface area contributed by atoms with Crippen LogP contribution in [0.5, 0.6) is 17.2 Å². The zero-order valence-electron chi connectivity index (χ0n) is 17.4. The summed E-state index contributed by atoms with van der Waals surface area (Å²) in [6.45, 7) is 1.85. The molecule has 2 N–H and O–H groups in total. The molecule has 0 saturated carbocycles. The monoisotopic (exact) mass is 437 g/mol. The highest BCUT2D eigenvalue weighted by molar-refractivity contribution is 7.90. The average Bonchev–Trinajstić information content (AvgIpc) is 3.20. The van der Waals surface area contributed by atoms with E-state index in [0.717, 1.165) is 22.3 Å². The van der Waals surface area contributed by atoms with Crippen LogP contribution in [0, 0.1) is 4.78 Å². The summed E-state index contributed by atoms with van der Waals surface area (Å²) in [5, 5.41) is 4.97. The van der Waals surface area contributed by atoms with Crippen LogP contribution in [0.3, 0.4) is 0 Å². The van der Waals surface area contributed by atoms with Crippen LogP contribution in [0.25, 0.3) is 10.9 Å². The molecular weight excluding hydrogens is 414 g/mol. The third-order valence-electron chi connectivity index (χ3n) is 4.94. The maximum absolute atomic E-state index is 13.0. The summed E-state index contributed by atoms with van der Waals surface area (Å²) < 4.78 is 37.2.